The molecule has 0 bridgehead atoms. The lowest BCUT2D eigenvalue weighted by Gasteiger charge is -2.17. The van der Waals surface area contributed by atoms with Crippen LogP contribution < -0.4 is 0 Å². The average molecular weight is 566 g/mol. The lowest BCUT2D eigenvalue weighted by Crippen LogP contribution is -2.03. The van der Waals surface area contributed by atoms with Crippen molar-refractivity contribution in [2.24, 2.45) is 0 Å². The van der Waals surface area contributed by atoms with Crippen LogP contribution in [0.3, 0.4) is 0 Å². The van der Waals surface area contributed by atoms with E-state index in [0.29, 0.717) is 0 Å². The van der Waals surface area contributed by atoms with Crippen LogP contribution in [0.1, 0.15) is 17.7 Å². The first-order chi connectivity index (χ1) is 19.3. The summed E-state index contributed by atoms with van der Waals surface area (Å²) in [6.45, 7) is 0. The van der Waals surface area contributed by atoms with Crippen LogP contribution in [0, 0.1) is 0 Å². The van der Waals surface area contributed by atoms with Gasteiger partial charge in [0, 0.05) is 37.7 Å². The van der Waals surface area contributed by atoms with E-state index in [9.17, 15) is 0 Å². The first-order valence-electron chi connectivity index (χ1n) is 13.4. The Morgan fingerprint density at radius 1 is 0.538 bits per heavy atom. The highest BCUT2D eigenvalue weighted by Gasteiger charge is 2.20. The second-order valence-corrected chi connectivity index (χ2v) is 11.2. The maximum absolute atomic E-state index is 3.70. The van der Waals surface area contributed by atoms with Gasteiger partial charge in [0.15, 0.2) is 0 Å². The van der Waals surface area contributed by atoms with E-state index in [1.165, 1.54) is 60.8 Å². The van der Waals surface area contributed by atoms with Crippen molar-refractivity contribution in [1.29, 1.82) is 0 Å². The molecular weight excluding hydrogens is 540 g/mol. The highest BCUT2D eigenvalue weighted by atomic mass is 79.9. The Labute approximate surface area is 235 Å². The van der Waals surface area contributed by atoms with Crippen LogP contribution in [0.4, 0.5) is 0 Å². The van der Waals surface area contributed by atoms with Crippen LogP contribution in [-0.4, -0.2) is 9.13 Å². The third kappa shape index (κ3) is 3.54. The largest absolute Gasteiger partial charge is 0.309 e. The van der Waals surface area contributed by atoms with Gasteiger partial charge >= 0.3 is 0 Å². The fourth-order valence-corrected chi connectivity index (χ4v) is 6.75. The molecule has 39 heavy (non-hydrogen) atoms. The van der Waals surface area contributed by atoms with E-state index in [-0.39, 0.29) is 0 Å². The summed E-state index contributed by atoms with van der Waals surface area (Å²) in [4.78, 5) is 0. The van der Waals surface area contributed by atoms with Gasteiger partial charge in [0.2, 0.25) is 0 Å². The Kier molecular flexibility index (Phi) is 5.14. The molecule has 5 aromatic carbocycles. The summed E-state index contributed by atoms with van der Waals surface area (Å²) < 4.78 is 5.96. The third-order valence-electron chi connectivity index (χ3n) is 8.01. The zero-order valence-electron chi connectivity index (χ0n) is 21.3. The fourth-order valence-electron chi connectivity index (χ4n) is 6.35. The van der Waals surface area contributed by atoms with Crippen molar-refractivity contribution < 1.29 is 0 Å². The first kappa shape index (κ1) is 22.6. The second kappa shape index (κ2) is 8.86. The van der Waals surface area contributed by atoms with Gasteiger partial charge < -0.3 is 9.13 Å². The number of aromatic nitrogens is 2. The van der Waals surface area contributed by atoms with E-state index < -0.39 is 0 Å². The lowest BCUT2D eigenvalue weighted by atomic mass is 10.0. The fraction of sp³-hybridized carbons (Fsp3) is 0.0556. The molecule has 1 aliphatic carbocycles. The van der Waals surface area contributed by atoms with Gasteiger partial charge in [-0.2, -0.15) is 0 Å². The van der Waals surface area contributed by atoms with Crippen molar-refractivity contribution in [3.8, 4) is 22.5 Å². The molecule has 0 unspecified atom stereocenters. The number of hydrogen-bond acceptors (Lipinski definition) is 0. The van der Waals surface area contributed by atoms with Crippen LogP contribution in [-0.2, 0) is 6.42 Å². The molecule has 1 aliphatic rings. The number of benzene rings is 5. The van der Waals surface area contributed by atoms with Crippen LogP contribution in [0.25, 0.3) is 61.3 Å². The predicted octanol–water partition coefficient (Wildman–Crippen LogP) is 10.1. The molecule has 0 fully saturated rings. The molecule has 0 atom stereocenters. The van der Waals surface area contributed by atoms with Crippen molar-refractivity contribution in [3.63, 3.8) is 0 Å². The minimum Gasteiger partial charge on any atom is -0.309 e. The SMILES string of the molecule is Brc1cccc(-c2cc(-n3c4c(c5ccccc53)CCC=C4)cc(-n3c4ccccc4c4ccccc43)c2)c1. The van der Waals surface area contributed by atoms with E-state index in [0.717, 1.165) is 23.0 Å². The molecule has 0 N–H and O–H groups in total. The van der Waals surface area contributed by atoms with E-state index in [1.54, 1.807) is 0 Å². The van der Waals surface area contributed by atoms with Crippen molar-refractivity contribution in [1.82, 2.24) is 9.13 Å². The highest BCUT2D eigenvalue weighted by molar-refractivity contribution is 9.10. The van der Waals surface area contributed by atoms with Gasteiger partial charge in [0.05, 0.1) is 16.6 Å². The Balaban J connectivity index is 1.49. The molecule has 0 saturated carbocycles. The monoisotopic (exact) mass is 564 g/mol. The van der Waals surface area contributed by atoms with Gasteiger partial charge in [0.1, 0.15) is 0 Å². The molecule has 0 aliphatic heterocycles. The number of allylic oxidation sites excluding steroid dienone is 1. The van der Waals surface area contributed by atoms with E-state index in [1.807, 2.05) is 0 Å². The molecule has 2 heterocycles. The number of aryl methyl sites for hydroxylation is 1. The van der Waals surface area contributed by atoms with Crippen molar-refractivity contribution in [3.05, 3.63) is 137 Å². The zero-order valence-corrected chi connectivity index (χ0v) is 22.9. The van der Waals surface area contributed by atoms with Crippen LogP contribution in [0.2, 0.25) is 0 Å². The lowest BCUT2D eigenvalue weighted by molar-refractivity contribution is 0.967. The Morgan fingerprint density at radius 3 is 1.85 bits per heavy atom. The van der Waals surface area contributed by atoms with Gasteiger partial charge in [-0.1, -0.05) is 88.7 Å². The Bertz CT molecular complexity index is 2040. The summed E-state index contributed by atoms with van der Waals surface area (Å²) in [5.74, 6) is 0. The third-order valence-corrected chi connectivity index (χ3v) is 8.51. The molecule has 0 saturated heterocycles. The van der Waals surface area contributed by atoms with Crippen molar-refractivity contribution in [2.75, 3.05) is 0 Å². The van der Waals surface area contributed by atoms with E-state index >= 15 is 0 Å². The number of nitrogens with zero attached hydrogens (tertiary/aromatic N) is 2. The van der Waals surface area contributed by atoms with Crippen LogP contribution in [0.15, 0.2) is 126 Å². The maximum Gasteiger partial charge on any atom is 0.0541 e. The predicted molar refractivity (Wildman–Crippen MR) is 168 cm³/mol. The summed E-state index contributed by atoms with van der Waals surface area (Å²) in [6, 6.07) is 41.9. The number of fused-ring (bicyclic) bond motifs is 6. The molecule has 2 nitrogen and oxygen atoms in total. The normalized spacial score (nSPS) is 12.9. The molecule has 2 aromatic heterocycles. The summed E-state index contributed by atoms with van der Waals surface area (Å²) in [5, 5.41) is 3.89. The summed E-state index contributed by atoms with van der Waals surface area (Å²) in [5.41, 5.74) is 11.1. The number of halogens is 1. The molecule has 7 aromatic rings. The molecule has 8 rings (SSSR count). The van der Waals surface area contributed by atoms with Crippen molar-refractivity contribution in [2.45, 2.75) is 12.8 Å². The molecule has 0 amide bonds. The maximum atomic E-state index is 3.70. The average Bonchev–Trinajstić information content (AvgIpc) is 3.50. The standard InChI is InChI=1S/C36H25BrN2/c37-26-11-9-10-24(20-26)25-21-27(38-33-16-5-1-12-29(33)30-13-2-6-17-34(30)38)23-28(22-25)39-35-18-7-3-14-31(35)32-15-4-8-19-36(32)39/h1-3,5-14,16-23H,4,15H2. The molecule has 3 heteroatoms. The zero-order chi connectivity index (χ0) is 25.9. The Morgan fingerprint density at radius 2 is 1.15 bits per heavy atom. The topological polar surface area (TPSA) is 9.86 Å². The van der Waals surface area contributed by atoms with Gasteiger partial charge in [-0.05, 0) is 84.1 Å². The summed E-state index contributed by atoms with van der Waals surface area (Å²) in [7, 11) is 0. The molecule has 0 spiro atoms. The van der Waals surface area contributed by atoms with Crippen LogP contribution in [0.5, 0.6) is 0 Å². The van der Waals surface area contributed by atoms with Gasteiger partial charge in [-0.25, -0.2) is 0 Å². The van der Waals surface area contributed by atoms with Gasteiger partial charge in [-0.15, -0.1) is 0 Å². The molecule has 0 radical (unpaired) electrons. The van der Waals surface area contributed by atoms with E-state index in [4.69, 9.17) is 0 Å². The van der Waals surface area contributed by atoms with E-state index in [2.05, 4.69) is 152 Å². The number of para-hydroxylation sites is 3. The van der Waals surface area contributed by atoms with Crippen molar-refractivity contribution >= 4 is 54.7 Å². The van der Waals surface area contributed by atoms with Gasteiger partial charge in [0.25, 0.3) is 0 Å². The van der Waals surface area contributed by atoms with Crippen LogP contribution >= 0.6 is 15.9 Å². The molecular formula is C36H25BrN2. The number of hydrogen-bond donors (Lipinski definition) is 0. The second-order valence-electron chi connectivity index (χ2n) is 10.3. The first-order valence-corrected chi connectivity index (χ1v) is 14.2. The minimum atomic E-state index is 1.07. The number of rotatable bonds is 3. The highest BCUT2D eigenvalue weighted by Crippen LogP contribution is 2.38. The Hall–Kier alpha value is -4.34. The summed E-state index contributed by atoms with van der Waals surface area (Å²) in [6.07, 6.45) is 6.78. The molecule has 186 valence electrons. The smallest absolute Gasteiger partial charge is 0.0541 e. The summed E-state index contributed by atoms with van der Waals surface area (Å²) >= 11 is 3.70. The quantitative estimate of drug-likeness (QED) is 0.202. The minimum absolute atomic E-state index is 1.07. The van der Waals surface area contributed by atoms with Gasteiger partial charge in [-0.3, -0.25) is 0 Å².